The number of allylic oxidation sites excluding steroid dienone is 5. The molecule has 0 fully saturated rings. The number of carbonyl (C=O) groups is 1. The van der Waals surface area contributed by atoms with E-state index in [0.717, 1.165) is 18.3 Å². The third-order valence-electron chi connectivity index (χ3n) is 2.70. The van der Waals surface area contributed by atoms with Gasteiger partial charge < -0.3 is 9.90 Å². The lowest BCUT2D eigenvalue weighted by Crippen LogP contribution is -2.01. The van der Waals surface area contributed by atoms with E-state index in [4.69, 9.17) is 0 Å². The van der Waals surface area contributed by atoms with Gasteiger partial charge in [0.2, 0.25) is 0 Å². The van der Waals surface area contributed by atoms with E-state index in [1.54, 1.807) is 12.2 Å². The molecule has 1 unspecified atom stereocenters. The van der Waals surface area contributed by atoms with Gasteiger partial charge in [-0.05, 0) is 23.6 Å². The summed E-state index contributed by atoms with van der Waals surface area (Å²) in [4.78, 5) is 10.7. The van der Waals surface area contributed by atoms with Crippen molar-refractivity contribution < 1.29 is 9.90 Å². The first-order valence-corrected chi connectivity index (χ1v) is 5.57. The van der Waals surface area contributed by atoms with Gasteiger partial charge in [-0.25, -0.2) is 0 Å². The summed E-state index contributed by atoms with van der Waals surface area (Å²) < 4.78 is 0. The third kappa shape index (κ3) is 2.94. The minimum atomic E-state index is -0.514. The Hall–Kier alpha value is -2.09. The monoisotopic (exact) mass is 226 g/mol. The van der Waals surface area contributed by atoms with Gasteiger partial charge >= 0.3 is 0 Å². The quantitative estimate of drug-likeness (QED) is 0.804. The molecule has 0 aromatic heterocycles. The Morgan fingerprint density at radius 3 is 2.71 bits per heavy atom. The number of rotatable bonds is 3. The van der Waals surface area contributed by atoms with Crippen molar-refractivity contribution in [3.63, 3.8) is 0 Å². The Kier molecular flexibility index (Phi) is 3.55. The van der Waals surface area contributed by atoms with E-state index >= 15 is 0 Å². The first-order chi connectivity index (χ1) is 8.29. The van der Waals surface area contributed by atoms with Crippen molar-refractivity contribution in [2.75, 3.05) is 0 Å². The van der Waals surface area contributed by atoms with E-state index in [9.17, 15) is 9.90 Å². The Morgan fingerprint density at radius 2 is 2.00 bits per heavy atom. The molecule has 0 spiro atoms. The lowest BCUT2D eigenvalue weighted by molar-refractivity contribution is -0.109. The smallest absolute Gasteiger partial charge is 0.134 e. The van der Waals surface area contributed by atoms with Gasteiger partial charge in [-0.15, -0.1) is 0 Å². The highest BCUT2D eigenvalue weighted by Crippen LogP contribution is 2.18. The fraction of sp³-hybridized carbons (Fsp3) is 0.133. The summed E-state index contributed by atoms with van der Waals surface area (Å²) in [5.74, 6) is -0.407. The molecule has 0 bridgehead atoms. The molecule has 17 heavy (non-hydrogen) atoms. The van der Waals surface area contributed by atoms with Crippen LogP contribution in [0.1, 0.15) is 5.56 Å². The number of hydrogen-bond acceptors (Lipinski definition) is 2. The molecular weight excluding hydrogens is 212 g/mol. The van der Waals surface area contributed by atoms with Crippen LogP contribution in [0.15, 0.2) is 66.0 Å². The van der Waals surface area contributed by atoms with Gasteiger partial charge in [0.15, 0.2) is 0 Å². The topological polar surface area (TPSA) is 37.3 Å². The summed E-state index contributed by atoms with van der Waals surface area (Å²) >= 11 is 0. The van der Waals surface area contributed by atoms with Crippen LogP contribution >= 0.6 is 0 Å². The largest absolute Gasteiger partial charge is 0.511 e. The molecule has 1 aliphatic carbocycles. The van der Waals surface area contributed by atoms with Gasteiger partial charge in [-0.2, -0.15) is 0 Å². The molecule has 0 saturated heterocycles. The third-order valence-corrected chi connectivity index (χ3v) is 2.70. The predicted octanol–water partition coefficient (Wildman–Crippen LogP) is 2.98. The van der Waals surface area contributed by atoms with Crippen molar-refractivity contribution >= 4 is 6.29 Å². The standard InChI is InChI=1S/C15H14O2/c16-11-14-8-4-7-13(10-15(14)17)9-12-5-2-1-3-6-12/h1-8,10-11,14,17H,9H2. The Bertz CT molecular complexity index is 481. The molecule has 2 nitrogen and oxygen atoms in total. The van der Waals surface area contributed by atoms with E-state index < -0.39 is 5.92 Å². The second kappa shape index (κ2) is 5.30. The summed E-state index contributed by atoms with van der Waals surface area (Å²) in [5.41, 5.74) is 2.18. The maximum absolute atomic E-state index is 10.7. The highest BCUT2D eigenvalue weighted by molar-refractivity contribution is 5.62. The zero-order valence-electron chi connectivity index (χ0n) is 9.41. The van der Waals surface area contributed by atoms with Gasteiger partial charge in [0.05, 0.1) is 5.92 Å². The molecule has 1 aliphatic rings. The summed E-state index contributed by atoms with van der Waals surface area (Å²) in [7, 11) is 0. The van der Waals surface area contributed by atoms with Crippen LogP contribution in [0.5, 0.6) is 0 Å². The predicted molar refractivity (Wildman–Crippen MR) is 67.6 cm³/mol. The molecule has 0 amide bonds. The normalized spacial score (nSPS) is 19.2. The number of carbonyl (C=O) groups excluding carboxylic acids is 1. The zero-order chi connectivity index (χ0) is 12.1. The molecule has 86 valence electrons. The molecule has 0 aliphatic heterocycles. The number of aliphatic hydroxyl groups excluding tert-OH is 1. The van der Waals surface area contributed by atoms with Crippen LogP contribution in [0.2, 0.25) is 0 Å². The van der Waals surface area contributed by atoms with Gasteiger partial charge in [0, 0.05) is 0 Å². The van der Waals surface area contributed by atoms with E-state index in [2.05, 4.69) is 0 Å². The molecule has 2 rings (SSSR count). The van der Waals surface area contributed by atoms with Gasteiger partial charge in [-0.3, -0.25) is 0 Å². The van der Waals surface area contributed by atoms with Crippen LogP contribution in [-0.4, -0.2) is 11.4 Å². The van der Waals surface area contributed by atoms with Gasteiger partial charge in [0.1, 0.15) is 12.0 Å². The average Bonchev–Trinajstić information content (AvgIpc) is 2.52. The van der Waals surface area contributed by atoms with E-state index in [1.165, 1.54) is 5.56 Å². The maximum Gasteiger partial charge on any atom is 0.134 e. The van der Waals surface area contributed by atoms with Crippen LogP contribution < -0.4 is 0 Å². The van der Waals surface area contributed by atoms with Crippen molar-refractivity contribution in [1.82, 2.24) is 0 Å². The first-order valence-electron chi connectivity index (χ1n) is 5.57. The number of aliphatic hydroxyl groups is 1. The molecular formula is C15H14O2. The molecule has 1 aromatic rings. The molecule has 1 atom stereocenters. The maximum atomic E-state index is 10.7. The van der Waals surface area contributed by atoms with Crippen LogP contribution in [-0.2, 0) is 11.2 Å². The van der Waals surface area contributed by atoms with Crippen molar-refractivity contribution in [2.24, 2.45) is 5.92 Å². The van der Waals surface area contributed by atoms with Crippen molar-refractivity contribution in [1.29, 1.82) is 0 Å². The fourth-order valence-electron chi connectivity index (χ4n) is 1.79. The van der Waals surface area contributed by atoms with E-state index in [-0.39, 0.29) is 5.76 Å². The Labute approximate surface area is 101 Å². The number of aldehydes is 1. The zero-order valence-corrected chi connectivity index (χ0v) is 9.41. The molecule has 0 radical (unpaired) electrons. The Balaban J connectivity index is 2.18. The fourth-order valence-corrected chi connectivity index (χ4v) is 1.79. The highest BCUT2D eigenvalue weighted by atomic mass is 16.3. The average molecular weight is 226 g/mol. The molecule has 2 heteroatoms. The summed E-state index contributed by atoms with van der Waals surface area (Å²) in [6.45, 7) is 0. The second-order valence-electron chi connectivity index (χ2n) is 4.02. The van der Waals surface area contributed by atoms with Gasteiger partial charge in [0.25, 0.3) is 0 Å². The van der Waals surface area contributed by atoms with Crippen LogP contribution in [0.25, 0.3) is 0 Å². The van der Waals surface area contributed by atoms with Crippen LogP contribution in [0, 0.1) is 5.92 Å². The van der Waals surface area contributed by atoms with Gasteiger partial charge in [-0.1, -0.05) is 48.6 Å². The SMILES string of the molecule is O=CC1C=CC=C(Cc2ccccc2)C=C1O. The minimum Gasteiger partial charge on any atom is -0.511 e. The molecule has 1 N–H and O–H groups in total. The summed E-state index contributed by atoms with van der Waals surface area (Å²) in [6, 6.07) is 10.0. The van der Waals surface area contributed by atoms with E-state index in [1.807, 2.05) is 42.5 Å². The minimum absolute atomic E-state index is 0.107. The summed E-state index contributed by atoms with van der Waals surface area (Å²) in [6.07, 6.45) is 8.59. The molecule has 0 saturated carbocycles. The molecule has 0 heterocycles. The lowest BCUT2D eigenvalue weighted by Gasteiger charge is -2.04. The van der Waals surface area contributed by atoms with Crippen molar-refractivity contribution in [2.45, 2.75) is 6.42 Å². The lowest BCUT2D eigenvalue weighted by atomic mass is 10.0. The second-order valence-corrected chi connectivity index (χ2v) is 4.02. The van der Waals surface area contributed by atoms with Crippen molar-refractivity contribution in [3.05, 3.63) is 71.5 Å². The molecule has 1 aromatic carbocycles. The van der Waals surface area contributed by atoms with Crippen LogP contribution in [0.3, 0.4) is 0 Å². The summed E-state index contributed by atoms with van der Waals surface area (Å²) in [5, 5.41) is 9.74. The Morgan fingerprint density at radius 1 is 1.24 bits per heavy atom. The van der Waals surface area contributed by atoms with Crippen LogP contribution in [0.4, 0.5) is 0 Å². The van der Waals surface area contributed by atoms with Crippen molar-refractivity contribution in [3.8, 4) is 0 Å². The highest BCUT2D eigenvalue weighted by Gasteiger charge is 2.11. The first kappa shape index (κ1) is 11.4. The number of hydrogen-bond donors (Lipinski definition) is 1. The number of benzene rings is 1. The van der Waals surface area contributed by atoms with E-state index in [0.29, 0.717) is 0 Å².